The Morgan fingerprint density at radius 2 is 1.68 bits per heavy atom. The van der Waals surface area contributed by atoms with Crippen LogP contribution in [0.15, 0.2) is 60.9 Å². The molecule has 2 heterocycles. The van der Waals surface area contributed by atoms with Gasteiger partial charge in [-0.15, -0.1) is 5.10 Å². The summed E-state index contributed by atoms with van der Waals surface area (Å²) in [7, 11) is 0. The van der Waals surface area contributed by atoms with E-state index in [4.69, 9.17) is 0 Å². The number of carbonyl (C=O) groups is 2. The molecule has 0 radical (unpaired) electrons. The van der Waals surface area contributed by atoms with Crippen molar-refractivity contribution in [3.8, 4) is 5.69 Å². The third kappa shape index (κ3) is 4.11. The highest BCUT2D eigenvalue weighted by Gasteiger charge is 2.46. The number of hydrogen-bond acceptors (Lipinski definition) is 4. The molecule has 0 spiro atoms. The van der Waals surface area contributed by atoms with Gasteiger partial charge >= 0.3 is 0 Å². The zero-order valence-corrected chi connectivity index (χ0v) is 19.7. The van der Waals surface area contributed by atoms with Crippen molar-refractivity contribution in [3.05, 3.63) is 77.6 Å². The minimum absolute atomic E-state index is 0.0199. The zero-order valence-electron chi connectivity index (χ0n) is 19.7. The Morgan fingerprint density at radius 1 is 1.00 bits per heavy atom. The number of hydrogen-bond donors (Lipinski definition) is 1. The lowest BCUT2D eigenvalue weighted by Gasteiger charge is -2.43. The fourth-order valence-corrected chi connectivity index (χ4v) is 5.58. The largest absolute Gasteiger partial charge is 0.342 e. The van der Waals surface area contributed by atoms with Gasteiger partial charge in [-0.05, 0) is 53.5 Å². The minimum atomic E-state index is -0.486. The first kappa shape index (κ1) is 22.3. The first-order valence-corrected chi connectivity index (χ1v) is 12.2. The first-order chi connectivity index (χ1) is 16.6. The summed E-state index contributed by atoms with van der Waals surface area (Å²) < 4.78 is 1.70. The Morgan fingerprint density at radius 3 is 2.26 bits per heavy atom. The van der Waals surface area contributed by atoms with Gasteiger partial charge in [-0.3, -0.25) is 9.59 Å². The lowest BCUT2D eigenvalue weighted by molar-refractivity contribution is -0.154. The minimum Gasteiger partial charge on any atom is -0.342 e. The number of piperazine rings is 1. The summed E-state index contributed by atoms with van der Waals surface area (Å²) in [5.74, 6) is 0.233. The van der Waals surface area contributed by atoms with Crippen molar-refractivity contribution in [2.45, 2.75) is 58.2 Å². The third-order valence-corrected chi connectivity index (χ3v) is 7.48. The highest BCUT2D eigenvalue weighted by Crippen LogP contribution is 2.33. The van der Waals surface area contributed by atoms with Crippen LogP contribution < -0.4 is 5.32 Å². The number of fused-ring (bicyclic) bond motifs is 1. The molecule has 2 aromatic carbocycles. The summed E-state index contributed by atoms with van der Waals surface area (Å²) in [6.07, 6.45) is 6.78. The summed E-state index contributed by atoms with van der Waals surface area (Å²) in [4.78, 5) is 29.2. The maximum Gasteiger partial charge on any atom is 0.246 e. The van der Waals surface area contributed by atoms with Crippen molar-refractivity contribution >= 4 is 11.8 Å². The molecule has 7 heteroatoms. The summed E-state index contributed by atoms with van der Waals surface area (Å²) in [5.41, 5.74) is 4.47. The molecule has 7 nitrogen and oxygen atoms in total. The van der Waals surface area contributed by atoms with Gasteiger partial charge in [0.05, 0.1) is 18.1 Å². The maximum atomic E-state index is 13.9. The van der Waals surface area contributed by atoms with Crippen LogP contribution in [0.2, 0.25) is 0 Å². The molecular formula is C27H31N5O2. The van der Waals surface area contributed by atoms with Gasteiger partial charge in [-0.1, -0.05) is 68.3 Å². The fraction of sp³-hybridized carbons (Fsp3) is 0.407. The number of nitrogens with one attached hydrogen (secondary N) is 1. The average Bonchev–Trinajstić information content (AvgIpc) is 3.54. The van der Waals surface area contributed by atoms with Crippen LogP contribution in [0.4, 0.5) is 0 Å². The second-order valence-corrected chi connectivity index (χ2v) is 9.42. The van der Waals surface area contributed by atoms with E-state index in [2.05, 4.69) is 41.6 Å². The van der Waals surface area contributed by atoms with Gasteiger partial charge in [-0.2, -0.15) is 0 Å². The molecule has 5 rings (SSSR count). The molecule has 1 aromatic heterocycles. The van der Waals surface area contributed by atoms with Crippen LogP contribution in [0.25, 0.3) is 5.69 Å². The number of carbonyl (C=O) groups excluding carboxylic acids is 2. The van der Waals surface area contributed by atoms with E-state index in [0.717, 1.165) is 36.9 Å². The molecule has 2 aliphatic rings. The van der Waals surface area contributed by atoms with Crippen LogP contribution in [0.5, 0.6) is 0 Å². The molecule has 0 bridgehead atoms. The van der Waals surface area contributed by atoms with E-state index in [1.165, 1.54) is 11.1 Å². The van der Waals surface area contributed by atoms with Crippen LogP contribution in [0, 0.1) is 11.8 Å². The standard InChI is InChI=1S/C27H31N5O2/c1-3-19(4-2)25-26(33)29-24(22-15-20-7-5-6-8-21(20)16-22)27(34)31(25)17-18-9-11-23(12-10-18)32-14-13-28-30-32/h5-14,19,22,24-25H,3-4,15-17H2,1-2H3,(H,29,33)/t24-,25-/m1/s1. The van der Waals surface area contributed by atoms with Gasteiger partial charge in [0.2, 0.25) is 11.8 Å². The van der Waals surface area contributed by atoms with E-state index in [-0.39, 0.29) is 23.7 Å². The molecule has 1 fully saturated rings. The van der Waals surface area contributed by atoms with Crippen LogP contribution in [0.3, 0.4) is 0 Å². The van der Waals surface area contributed by atoms with Gasteiger partial charge in [0.25, 0.3) is 0 Å². The Hall–Kier alpha value is -3.48. The van der Waals surface area contributed by atoms with Crippen molar-refractivity contribution in [2.24, 2.45) is 11.8 Å². The average molecular weight is 458 g/mol. The number of aromatic nitrogens is 3. The third-order valence-electron chi connectivity index (χ3n) is 7.48. The quantitative estimate of drug-likeness (QED) is 0.590. The molecule has 2 atom stereocenters. The smallest absolute Gasteiger partial charge is 0.246 e. The lowest BCUT2D eigenvalue weighted by atomic mass is 9.86. The SMILES string of the molecule is CCC(CC)[C@@H]1C(=O)N[C@H](C2Cc3ccccc3C2)C(=O)N1Cc1ccc(-n2ccnn2)cc1. The highest BCUT2D eigenvalue weighted by molar-refractivity contribution is 5.97. The normalized spacial score (nSPS) is 20.6. The van der Waals surface area contributed by atoms with Gasteiger partial charge < -0.3 is 10.2 Å². The lowest BCUT2D eigenvalue weighted by Crippen LogP contribution is -2.66. The summed E-state index contributed by atoms with van der Waals surface area (Å²) >= 11 is 0. The predicted octanol–water partition coefficient (Wildman–Crippen LogP) is 3.31. The van der Waals surface area contributed by atoms with Gasteiger partial charge in [-0.25, -0.2) is 4.68 Å². The van der Waals surface area contributed by atoms with E-state index in [0.29, 0.717) is 6.54 Å². The summed E-state index contributed by atoms with van der Waals surface area (Å²) in [6, 6.07) is 15.4. The molecule has 3 aromatic rings. The Kier molecular flexibility index (Phi) is 6.18. The molecular weight excluding hydrogens is 426 g/mol. The van der Waals surface area contributed by atoms with Crippen molar-refractivity contribution < 1.29 is 9.59 Å². The van der Waals surface area contributed by atoms with Gasteiger partial charge in [0.1, 0.15) is 12.1 Å². The summed E-state index contributed by atoms with van der Waals surface area (Å²) in [5, 5.41) is 11.0. The first-order valence-electron chi connectivity index (χ1n) is 12.2. The second kappa shape index (κ2) is 9.41. The maximum absolute atomic E-state index is 13.9. The van der Waals surface area contributed by atoms with Crippen molar-refractivity contribution in [3.63, 3.8) is 0 Å². The van der Waals surface area contributed by atoms with Gasteiger partial charge in [0.15, 0.2) is 0 Å². The van der Waals surface area contributed by atoms with Crippen LogP contribution in [-0.4, -0.2) is 43.8 Å². The number of rotatable bonds is 7. The molecule has 1 N–H and O–H groups in total. The predicted molar refractivity (Wildman–Crippen MR) is 129 cm³/mol. The zero-order chi connectivity index (χ0) is 23.7. The number of benzene rings is 2. The molecule has 0 unspecified atom stereocenters. The number of nitrogens with zero attached hydrogens (tertiary/aromatic N) is 4. The molecule has 0 saturated carbocycles. The highest BCUT2D eigenvalue weighted by atomic mass is 16.2. The molecule has 2 amide bonds. The van der Waals surface area contributed by atoms with E-state index in [1.807, 2.05) is 41.3 Å². The van der Waals surface area contributed by atoms with Crippen molar-refractivity contribution in [1.29, 1.82) is 0 Å². The Bertz CT molecular complexity index is 1130. The van der Waals surface area contributed by atoms with Crippen LogP contribution >= 0.6 is 0 Å². The second-order valence-electron chi connectivity index (χ2n) is 9.42. The van der Waals surface area contributed by atoms with E-state index < -0.39 is 12.1 Å². The monoisotopic (exact) mass is 457 g/mol. The van der Waals surface area contributed by atoms with Crippen molar-refractivity contribution in [2.75, 3.05) is 0 Å². The van der Waals surface area contributed by atoms with E-state index in [9.17, 15) is 9.59 Å². The van der Waals surface area contributed by atoms with Crippen LogP contribution in [-0.2, 0) is 29.0 Å². The fourth-order valence-electron chi connectivity index (χ4n) is 5.58. The van der Waals surface area contributed by atoms with E-state index >= 15 is 0 Å². The molecule has 176 valence electrons. The summed E-state index contributed by atoms with van der Waals surface area (Å²) in [6.45, 7) is 4.61. The van der Waals surface area contributed by atoms with Crippen molar-refractivity contribution in [1.82, 2.24) is 25.2 Å². The van der Waals surface area contributed by atoms with Gasteiger partial charge in [0, 0.05) is 6.54 Å². The molecule has 1 aliphatic heterocycles. The van der Waals surface area contributed by atoms with Crippen LogP contribution in [0.1, 0.15) is 43.4 Å². The topological polar surface area (TPSA) is 80.1 Å². The Balaban J connectivity index is 1.41. The molecule has 34 heavy (non-hydrogen) atoms. The molecule has 1 saturated heterocycles. The molecule has 1 aliphatic carbocycles. The number of amides is 2. The van der Waals surface area contributed by atoms with E-state index in [1.54, 1.807) is 17.1 Å². The Labute approximate surface area is 200 Å².